The van der Waals surface area contributed by atoms with Crippen LogP contribution in [0.4, 0.5) is 5.13 Å². The number of aromatic nitrogens is 5. The molecule has 2 aromatic rings. The average molecular weight is 296 g/mol. The van der Waals surface area contributed by atoms with Crippen LogP contribution in [0, 0.1) is 6.92 Å². The second-order valence-electron chi connectivity index (χ2n) is 4.80. The Kier molecular flexibility index (Phi) is 3.44. The molecule has 1 aliphatic carbocycles. The van der Waals surface area contributed by atoms with Crippen molar-refractivity contribution in [2.24, 2.45) is 0 Å². The molecule has 0 N–H and O–H groups in total. The molecule has 0 unspecified atom stereocenters. The molecule has 0 saturated heterocycles. The normalized spacial score (nSPS) is 14.9. The van der Waals surface area contributed by atoms with Crippen LogP contribution in [0.2, 0.25) is 0 Å². The molecular formula is C11H16N6S2. The Bertz CT molecular complexity index is 572. The molecule has 0 amide bonds. The molecule has 19 heavy (non-hydrogen) atoms. The highest BCUT2D eigenvalue weighted by Crippen LogP contribution is 2.38. The maximum atomic E-state index is 4.27. The highest BCUT2D eigenvalue weighted by Gasteiger charge is 2.28. The number of anilines is 1. The predicted octanol–water partition coefficient (Wildman–Crippen LogP) is 2.13. The molecule has 1 aliphatic rings. The van der Waals surface area contributed by atoms with Crippen LogP contribution in [-0.2, 0) is 5.75 Å². The lowest BCUT2D eigenvalue weighted by atomic mass is 10.5. The first-order chi connectivity index (χ1) is 9.15. The number of hydrogen-bond acceptors (Lipinski definition) is 7. The van der Waals surface area contributed by atoms with Gasteiger partial charge in [-0.1, -0.05) is 23.1 Å². The van der Waals surface area contributed by atoms with Gasteiger partial charge in [0.05, 0.1) is 5.75 Å². The summed E-state index contributed by atoms with van der Waals surface area (Å²) in [5, 5.41) is 17.7. The summed E-state index contributed by atoms with van der Waals surface area (Å²) in [5.41, 5.74) is 0. The predicted molar refractivity (Wildman–Crippen MR) is 76.8 cm³/mol. The molecule has 8 heteroatoms. The zero-order valence-electron chi connectivity index (χ0n) is 11.2. The molecule has 1 fully saturated rings. The molecule has 102 valence electrons. The molecule has 1 saturated carbocycles. The van der Waals surface area contributed by atoms with Crippen molar-refractivity contribution in [3.05, 3.63) is 11.6 Å². The number of hydrogen-bond donors (Lipinski definition) is 0. The topological polar surface area (TPSA) is 59.7 Å². The van der Waals surface area contributed by atoms with E-state index in [1.165, 1.54) is 12.8 Å². The fourth-order valence-corrected chi connectivity index (χ4v) is 3.57. The summed E-state index contributed by atoms with van der Waals surface area (Å²) in [6.45, 7) is 2.02. The Morgan fingerprint density at radius 1 is 1.26 bits per heavy atom. The van der Waals surface area contributed by atoms with Crippen LogP contribution in [-0.4, -0.2) is 39.1 Å². The lowest BCUT2D eigenvalue weighted by Gasteiger charge is -2.05. The van der Waals surface area contributed by atoms with E-state index in [0.29, 0.717) is 6.04 Å². The van der Waals surface area contributed by atoms with Crippen LogP contribution in [0.25, 0.3) is 0 Å². The second kappa shape index (κ2) is 5.09. The van der Waals surface area contributed by atoms with Crippen molar-refractivity contribution in [1.82, 2.24) is 25.0 Å². The molecule has 0 spiro atoms. The quantitative estimate of drug-likeness (QED) is 0.788. The van der Waals surface area contributed by atoms with Crippen LogP contribution in [0.5, 0.6) is 0 Å². The van der Waals surface area contributed by atoms with Gasteiger partial charge in [0.2, 0.25) is 5.13 Å². The van der Waals surface area contributed by atoms with Crippen molar-refractivity contribution in [3.63, 3.8) is 0 Å². The van der Waals surface area contributed by atoms with E-state index in [4.69, 9.17) is 0 Å². The van der Waals surface area contributed by atoms with Gasteiger partial charge in [-0.05, 0) is 19.8 Å². The van der Waals surface area contributed by atoms with Gasteiger partial charge < -0.3 is 9.47 Å². The molecule has 0 aromatic carbocycles. The second-order valence-corrected chi connectivity index (χ2v) is 6.98. The van der Waals surface area contributed by atoms with E-state index in [2.05, 4.69) is 25.0 Å². The first-order valence-electron chi connectivity index (χ1n) is 6.19. The van der Waals surface area contributed by atoms with Crippen molar-refractivity contribution in [1.29, 1.82) is 0 Å². The van der Waals surface area contributed by atoms with Crippen LogP contribution in [0.1, 0.15) is 30.5 Å². The number of thioether (sulfide) groups is 1. The minimum absolute atomic E-state index is 0.623. The molecule has 2 aromatic heterocycles. The van der Waals surface area contributed by atoms with E-state index in [9.17, 15) is 0 Å². The SMILES string of the molecule is Cc1nnc(CSc2nnc(N(C)C)s2)n1C1CC1. The van der Waals surface area contributed by atoms with Crippen LogP contribution in [0.15, 0.2) is 4.34 Å². The fraction of sp³-hybridized carbons (Fsp3) is 0.636. The Hall–Kier alpha value is -1.15. The third-order valence-electron chi connectivity index (χ3n) is 2.95. The highest BCUT2D eigenvalue weighted by molar-refractivity contribution is 8.00. The molecule has 0 atom stereocenters. The van der Waals surface area contributed by atoms with Gasteiger partial charge in [-0.2, -0.15) is 0 Å². The summed E-state index contributed by atoms with van der Waals surface area (Å²) in [4.78, 5) is 1.97. The van der Waals surface area contributed by atoms with E-state index in [0.717, 1.165) is 26.9 Å². The fourth-order valence-electron chi connectivity index (χ4n) is 1.89. The zero-order chi connectivity index (χ0) is 13.4. The van der Waals surface area contributed by atoms with Gasteiger partial charge in [0.25, 0.3) is 0 Å². The van der Waals surface area contributed by atoms with Gasteiger partial charge in [0.15, 0.2) is 4.34 Å². The molecule has 2 heterocycles. The van der Waals surface area contributed by atoms with Crippen molar-refractivity contribution in [2.45, 2.75) is 35.9 Å². The van der Waals surface area contributed by atoms with Crippen molar-refractivity contribution >= 4 is 28.2 Å². The third-order valence-corrected chi connectivity index (χ3v) is 5.17. The summed E-state index contributed by atoms with van der Waals surface area (Å²) >= 11 is 3.29. The van der Waals surface area contributed by atoms with E-state index in [1.807, 2.05) is 25.9 Å². The molecule has 0 radical (unpaired) electrons. The lowest BCUT2D eigenvalue weighted by Crippen LogP contribution is -2.07. The smallest absolute Gasteiger partial charge is 0.208 e. The Balaban J connectivity index is 1.68. The summed E-state index contributed by atoms with van der Waals surface area (Å²) in [5.74, 6) is 2.87. The molecule has 6 nitrogen and oxygen atoms in total. The highest BCUT2D eigenvalue weighted by atomic mass is 32.2. The summed E-state index contributed by atoms with van der Waals surface area (Å²) in [6.07, 6.45) is 2.50. The average Bonchev–Trinajstić information content (AvgIpc) is 2.97. The van der Waals surface area contributed by atoms with Gasteiger partial charge in [-0.15, -0.1) is 20.4 Å². The number of rotatable bonds is 5. The van der Waals surface area contributed by atoms with Gasteiger partial charge in [0.1, 0.15) is 11.6 Å². The first kappa shape index (κ1) is 12.9. The standard InChI is InChI=1S/C11H16N6S2/c1-7-12-13-9(17(7)8-4-5-8)6-18-11-15-14-10(19-11)16(2)3/h8H,4-6H2,1-3H3. The maximum Gasteiger partial charge on any atom is 0.208 e. The van der Waals surface area contributed by atoms with Crippen molar-refractivity contribution < 1.29 is 0 Å². The monoisotopic (exact) mass is 296 g/mol. The van der Waals surface area contributed by atoms with Crippen molar-refractivity contribution in [2.75, 3.05) is 19.0 Å². The van der Waals surface area contributed by atoms with E-state index < -0.39 is 0 Å². The van der Waals surface area contributed by atoms with E-state index >= 15 is 0 Å². The summed E-state index contributed by atoms with van der Waals surface area (Å²) in [7, 11) is 3.95. The Morgan fingerprint density at radius 2 is 2.05 bits per heavy atom. The van der Waals surface area contributed by atoms with Gasteiger partial charge in [-0.25, -0.2) is 0 Å². The summed E-state index contributed by atoms with van der Waals surface area (Å²) in [6, 6.07) is 0.623. The van der Waals surface area contributed by atoms with Gasteiger partial charge >= 0.3 is 0 Å². The van der Waals surface area contributed by atoms with Crippen LogP contribution in [0.3, 0.4) is 0 Å². The largest absolute Gasteiger partial charge is 0.353 e. The molecule has 0 bridgehead atoms. The third kappa shape index (κ3) is 2.74. The van der Waals surface area contributed by atoms with Gasteiger partial charge in [0, 0.05) is 20.1 Å². The van der Waals surface area contributed by atoms with Crippen LogP contribution >= 0.6 is 23.1 Å². The zero-order valence-corrected chi connectivity index (χ0v) is 12.8. The number of aryl methyl sites for hydroxylation is 1. The first-order valence-corrected chi connectivity index (χ1v) is 7.99. The Morgan fingerprint density at radius 3 is 2.68 bits per heavy atom. The molecule has 3 rings (SSSR count). The Labute approximate surface area is 120 Å². The maximum absolute atomic E-state index is 4.27. The molecule has 0 aliphatic heterocycles. The summed E-state index contributed by atoms with van der Waals surface area (Å²) < 4.78 is 3.24. The van der Waals surface area contributed by atoms with Crippen molar-refractivity contribution in [3.8, 4) is 0 Å². The lowest BCUT2D eigenvalue weighted by molar-refractivity contribution is 0.683. The van der Waals surface area contributed by atoms with Crippen LogP contribution < -0.4 is 4.90 Å². The number of nitrogens with zero attached hydrogens (tertiary/aromatic N) is 6. The molecular weight excluding hydrogens is 280 g/mol. The minimum atomic E-state index is 0.623. The van der Waals surface area contributed by atoms with Gasteiger partial charge in [-0.3, -0.25) is 0 Å². The minimum Gasteiger partial charge on any atom is -0.353 e. The van der Waals surface area contributed by atoms with E-state index in [-0.39, 0.29) is 0 Å². The van der Waals surface area contributed by atoms with E-state index in [1.54, 1.807) is 23.1 Å².